The molecule has 0 amide bonds. The van der Waals surface area contributed by atoms with Crippen LogP contribution in [0.2, 0.25) is 0 Å². The van der Waals surface area contributed by atoms with Gasteiger partial charge >= 0.3 is 0 Å². The quantitative estimate of drug-likeness (QED) is 0.879. The molecular formula is C16H26N2O. The van der Waals surface area contributed by atoms with Crippen molar-refractivity contribution in [1.82, 2.24) is 10.2 Å². The highest BCUT2D eigenvalue weighted by molar-refractivity contribution is 5.27. The van der Waals surface area contributed by atoms with Crippen LogP contribution in [0, 0.1) is 0 Å². The number of rotatable bonds is 3. The number of hydrogen-bond donors (Lipinski definition) is 2. The molecule has 1 aliphatic heterocycles. The second-order valence-corrected chi connectivity index (χ2v) is 6.61. The molecule has 0 spiro atoms. The summed E-state index contributed by atoms with van der Waals surface area (Å²) in [5, 5.41) is 13.2. The number of phenols is 1. The maximum Gasteiger partial charge on any atom is 0.115 e. The van der Waals surface area contributed by atoms with Gasteiger partial charge in [-0.05, 0) is 44.9 Å². The van der Waals surface area contributed by atoms with E-state index in [9.17, 15) is 5.11 Å². The van der Waals surface area contributed by atoms with E-state index in [1.165, 1.54) is 5.56 Å². The molecule has 0 aliphatic carbocycles. The largest absolute Gasteiger partial charge is 0.508 e. The normalized spacial score (nSPS) is 27.4. The maximum absolute atomic E-state index is 9.60. The molecule has 1 aliphatic rings. The van der Waals surface area contributed by atoms with E-state index in [0.29, 0.717) is 5.75 Å². The summed E-state index contributed by atoms with van der Waals surface area (Å²) in [6.07, 6.45) is 1.12. The minimum atomic E-state index is 0.144. The second kappa shape index (κ2) is 5.14. The number of nitrogens with one attached hydrogen (secondary N) is 1. The van der Waals surface area contributed by atoms with Gasteiger partial charge in [0.15, 0.2) is 0 Å². The van der Waals surface area contributed by atoms with E-state index in [2.05, 4.69) is 44.0 Å². The first-order valence-electron chi connectivity index (χ1n) is 7.13. The number of nitrogens with zero attached hydrogens (tertiary/aromatic N) is 1. The summed E-state index contributed by atoms with van der Waals surface area (Å²) in [4.78, 5) is 2.54. The van der Waals surface area contributed by atoms with Gasteiger partial charge in [-0.3, -0.25) is 4.90 Å². The molecule has 106 valence electrons. The van der Waals surface area contributed by atoms with E-state index >= 15 is 0 Å². The third-order valence-electron chi connectivity index (χ3n) is 4.34. The predicted octanol–water partition coefficient (Wildman–Crippen LogP) is 2.74. The van der Waals surface area contributed by atoms with Gasteiger partial charge in [0.1, 0.15) is 5.75 Å². The van der Waals surface area contributed by atoms with Gasteiger partial charge < -0.3 is 10.4 Å². The van der Waals surface area contributed by atoms with Crippen molar-refractivity contribution < 1.29 is 5.11 Å². The molecule has 0 aromatic heterocycles. The van der Waals surface area contributed by atoms with Crippen LogP contribution in [0.5, 0.6) is 5.75 Å². The number of hydrogen-bond acceptors (Lipinski definition) is 3. The Bertz CT molecular complexity index is 444. The van der Waals surface area contributed by atoms with E-state index < -0.39 is 0 Å². The molecule has 1 unspecified atom stereocenters. The molecule has 0 radical (unpaired) electrons. The highest BCUT2D eigenvalue weighted by Gasteiger charge is 2.39. The topological polar surface area (TPSA) is 35.5 Å². The fourth-order valence-electron chi connectivity index (χ4n) is 2.74. The standard InChI is InChI=1S/C16H26N2O/c1-5-16(4)11-17-15(2,3)12-18(16)10-13-7-6-8-14(19)9-13/h6-9,17,19H,5,10-12H2,1-4H3. The lowest BCUT2D eigenvalue weighted by molar-refractivity contribution is 0.0175. The molecular weight excluding hydrogens is 236 g/mol. The zero-order valence-corrected chi connectivity index (χ0v) is 12.5. The third-order valence-corrected chi connectivity index (χ3v) is 4.34. The summed E-state index contributed by atoms with van der Waals surface area (Å²) in [5.74, 6) is 0.352. The first-order valence-corrected chi connectivity index (χ1v) is 7.13. The average Bonchev–Trinajstić information content (AvgIpc) is 2.34. The Labute approximate surface area is 116 Å². The second-order valence-electron chi connectivity index (χ2n) is 6.61. The highest BCUT2D eigenvalue weighted by atomic mass is 16.3. The molecule has 1 aromatic rings. The minimum Gasteiger partial charge on any atom is -0.508 e. The van der Waals surface area contributed by atoms with E-state index in [1.807, 2.05) is 12.1 Å². The predicted molar refractivity (Wildman–Crippen MR) is 79.3 cm³/mol. The van der Waals surface area contributed by atoms with Gasteiger partial charge in [-0.2, -0.15) is 0 Å². The highest BCUT2D eigenvalue weighted by Crippen LogP contribution is 2.28. The van der Waals surface area contributed by atoms with E-state index in [-0.39, 0.29) is 11.1 Å². The Hall–Kier alpha value is -1.06. The van der Waals surface area contributed by atoms with Crippen molar-refractivity contribution in [2.45, 2.75) is 51.7 Å². The van der Waals surface area contributed by atoms with Crippen molar-refractivity contribution in [3.8, 4) is 5.75 Å². The SMILES string of the molecule is CCC1(C)CNC(C)(C)CN1Cc1cccc(O)c1. The number of phenolic OH excluding ortho intramolecular Hbond substituents is 1. The molecule has 0 bridgehead atoms. The van der Waals surface area contributed by atoms with Crippen LogP contribution in [-0.4, -0.2) is 34.2 Å². The van der Waals surface area contributed by atoms with Crippen molar-refractivity contribution in [3.05, 3.63) is 29.8 Å². The van der Waals surface area contributed by atoms with Crippen molar-refractivity contribution in [2.75, 3.05) is 13.1 Å². The summed E-state index contributed by atoms with van der Waals surface area (Å²) in [6, 6.07) is 7.60. The van der Waals surface area contributed by atoms with Gasteiger partial charge in [-0.1, -0.05) is 19.1 Å². The zero-order chi connectivity index (χ0) is 14.1. The molecule has 3 nitrogen and oxygen atoms in total. The summed E-state index contributed by atoms with van der Waals surface area (Å²) in [5.41, 5.74) is 1.50. The van der Waals surface area contributed by atoms with Crippen molar-refractivity contribution in [2.24, 2.45) is 0 Å². The van der Waals surface area contributed by atoms with Gasteiger partial charge in [-0.25, -0.2) is 0 Å². The lowest BCUT2D eigenvalue weighted by atomic mass is 9.87. The molecule has 0 saturated carbocycles. The number of piperazine rings is 1. The van der Waals surface area contributed by atoms with Crippen LogP contribution < -0.4 is 5.32 Å². The summed E-state index contributed by atoms with van der Waals surface area (Å²) >= 11 is 0. The molecule has 1 heterocycles. The summed E-state index contributed by atoms with van der Waals surface area (Å²) in [6.45, 7) is 12.0. The van der Waals surface area contributed by atoms with Gasteiger partial charge in [0.05, 0.1) is 0 Å². The fourth-order valence-corrected chi connectivity index (χ4v) is 2.74. The molecule has 1 saturated heterocycles. The van der Waals surface area contributed by atoms with Crippen LogP contribution in [0.3, 0.4) is 0 Å². The van der Waals surface area contributed by atoms with Crippen LogP contribution in [0.15, 0.2) is 24.3 Å². The zero-order valence-electron chi connectivity index (χ0n) is 12.5. The van der Waals surface area contributed by atoms with E-state index in [0.717, 1.165) is 26.1 Å². The summed E-state index contributed by atoms with van der Waals surface area (Å²) < 4.78 is 0. The molecule has 1 atom stereocenters. The number of benzene rings is 1. The number of aromatic hydroxyl groups is 1. The molecule has 2 N–H and O–H groups in total. The molecule has 3 heteroatoms. The lowest BCUT2D eigenvalue weighted by Crippen LogP contribution is -2.66. The van der Waals surface area contributed by atoms with Gasteiger partial charge in [0, 0.05) is 30.7 Å². The third kappa shape index (κ3) is 3.28. The van der Waals surface area contributed by atoms with Crippen LogP contribution in [0.4, 0.5) is 0 Å². The Kier molecular flexibility index (Phi) is 3.88. The monoisotopic (exact) mass is 262 g/mol. The van der Waals surface area contributed by atoms with E-state index in [4.69, 9.17) is 0 Å². The van der Waals surface area contributed by atoms with Crippen LogP contribution in [0.1, 0.15) is 39.7 Å². The first kappa shape index (κ1) is 14.4. The van der Waals surface area contributed by atoms with E-state index in [1.54, 1.807) is 6.07 Å². The van der Waals surface area contributed by atoms with Crippen molar-refractivity contribution in [1.29, 1.82) is 0 Å². The lowest BCUT2D eigenvalue weighted by Gasteiger charge is -2.51. The van der Waals surface area contributed by atoms with Crippen LogP contribution in [-0.2, 0) is 6.54 Å². The smallest absolute Gasteiger partial charge is 0.115 e. The molecule has 2 rings (SSSR count). The maximum atomic E-state index is 9.60. The molecule has 1 fully saturated rings. The van der Waals surface area contributed by atoms with Crippen molar-refractivity contribution in [3.63, 3.8) is 0 Å². The first-order chi connectivity index (χ1) is 8.85. The Balaban J connectivity index is 2.19. The van der Waals surface area contributed by atoms with Gasteiger partial charge in [-0.15, -0.1) is 0 Å². The van der Waals surface area contributed by atoms with Crippen LogP contribution >= 0.6 is 0 Å². The minimum absolute atomic E-state index is 0.144. The average molecular weight is 262 g/mol. The van der Waals surface area contributed by atoms with Gasteiger partial charge in [0.2, 0.25) is 0 Å². The Morgan fingerprint density at radius 3 is 2.68 bits per heavy atom. The Morgan fingerprint density at radius 2 is 2.05 bits per heavy atom. The van der Waals surface area contributed by atoms with Crippen molar-refractivity contribution >= 4 is 0 Å². The Morgan fingerprint density at radius 1 is 1.32 bits per heavy atom. The molecule has 19 heavy (non-hydrogen) atoms. The van der Waals surface area contributed by atoms with Gasteiger partial charge in [0.25, 0.3) is 0 Å². The van der Waals surface area contributed by atoms with Crippen LogP contribution in [0.25, 0.3) is 0 Å². The summed E-state index contributed by atoms with van der Waals surface area (Å²) in [7, 11) is 0. The molecule has 1 aromatic carbocycles. The fraction of sp³-hybridized carbons (Fsp3) is 0.625.